The molecule has 3 N–H and O–H groups in total. The Labute approximate surface area is 123 Å². The van der Waals surface area contributed by atoms with Gasteiger partial charge in [0.2, 0.25) is 0 Å². The first-order valence-corrected chi connectivity index (χ1v) is 6.71. The van der Waals surface area contributed by atoms with Crippen molar-refractivity contribution in [2.24, 2.45) is 0 Å². The van der Waals surface area contributed by atoms with E-state index in [9.17, 15) is 4.79 Å². The van der Waals surface area contributed by atoms with Crippen molar-refractivity contribution in [3.63, 3.8) is 0 Å². The number of ether oxygens (including phenoxy) is 1. The molecule has 0 aliphatic heterocycles. The lowest BCUT2D eigenvalue weighted by molar-refractivity contribution is 0.0651. The van der Waals surface area contributed by atoms with Crippen LogP contribution in [0.4, 0.5) is 5.82 Å². The third-order valence-electron chi connectivity index (χ3n) is 3.21. The number of methoxy groups -OCH3 is 1. The lowest BCUT2D eigenvalue weighted by Gasteiger charge is -2.21. The number of pyridine rings is 1. The fourth-order valence-electron chi connectivity index (χ4n) is 2.13. The van der Waals surface area contributed by atoms with Gasteiger partial charge >= 0.3 is 0 Å². The number of rotatable bonds is 6. The molecule has 6 nitrogen and oxygen atoms in total. The number of aromatic nitrogens is 1. The molecule has 1 amide bonds. The van der Waals surface area contributed by atoms with E-state index in [-0.39, 0.29) is 24.8 Å². The minimum atomic E-state index is -0.265. The number of aliphatic hydroxyl groups excluding tert-OH is 1. The van der Waals surface area contributed by atoms with Crippen LogP contribution in [-0.4, -0.2) is 54.3 Å². The van der Waals surface area contributed by atoms with E-state index < -0.39 is 0 Å². The van der Waals surface area contributed by atoms with Crippen molar-refractivity contribution in [3.8, 4) is 0 Å². The Morgan fingerprint density at radius 3 is 2.86 bits per heavy atom. The van der Waals surface area contributed by atoms with Gasteiger partial charge in [-0.1, -0.05) is 24.3 Å². The second-order valence-corrected chi connectivity index (χ2v) is 4.62. The minimum absolute atomic E-state index is 0.113. The van der Waals surface area contributed by atoms with Crippen LogP contribution in [0.15, 0.2) is 30.3 Å². The number of carbonyl (C=O) groups is 1. The summed E-state index contributed by atoms with van der Waals surface area (Å²) in [5.41, 5.74) is 6.19. The lowest BCUT2D eigenvalue weighted by Crippen LogP contribution is -2.36. The van der Waals surface area contributed by atoms with Crippen molar-refractivity contribution >= 4 is 22.5 Å². The Morgan fingerprint density at radius 1 is 1.38 bits per heavy atom. The van der Waals surface area contributed by atoms with Gasteiger partial charge in [-0.25, -0.2) is 4.98 Å². The van der Waals surface area contributed by atoms with Crippen molar-refractivity contribution in [2.45, 2.75) is 0 Å². The Bertz CT molecular complexity index is 631. The van der Waals surface area contributed by atoms with Crippen LogP contribution in [0.1, 0.15) is 10.5 Å². The van der Waals surface area contributed by atoms with Crippen molar-refractivity contribution in [2.75, 3.05) is 39.1 Å². The Kier molecular flexibility index (Phi) is 5.08. The summed E-state index contributed by atoms with van der Waals surface area (Å²) in [5.74, 6) is 0.0608. The van der Waals surface area contributed by atoms with E-state index in [1.54, 1.807) is 13.2 Å². The molecule has 0 radical (unpaired) electrons. The maximum Gasteiger partial charge on any atom is 0.272 e. The van der Waals surface area contributed by atoms with Crippen LogP contribution >= 0.6 is 0 Å². The fourth-order valence-corrected chi connectivity index (χ4v) is 2.13. The number of nitrogens with two attached hydrogens (primary N) is 1. The zero-order chi connectivity index (χ0) is 15.2. The van der Waals surface area contributed by atoms with Gasteiger partial charge < -0.3 is 20.5 Å². The number of hydrogen-bond donors (Lipinski definition) is 2. The highest BCUT2D eigenvalue weighted by atomic mass is 16.5. The van der Waals surface area contributed by atoms with Crippen molar-refractivity contribution in [3.05, 3.63) is 36.0 Å². The zero-order valence-electron chi connectivity index (χ0n) is 12.0. The average molecular weight is 289 g/mol. The molecule has 0 unspecified atom stereocenters. The van der Waals surface area contributed by atoms with Crippen LogP contribution in [0.3, 0.4) is 0 Å². The third-order valence-corrected chi connectivity index (χ3v) is 3.21. The lowest BCUT2D eigenvalue weighted by atomic mass is 10.1. The topological polar surface area (TPSA) is 88.7 Å². The molecule has 0 bridgehead atoms. The van der Waals surface area contributed by atoms with Gasteiger partial charge in [0.05, 0.1) is 13.2 Å². The van der Waals surface area contributed by atoms with Crippen LogP contribution in [0.5, 0.6) is 0 Å². The SMILES string of the molecule is COCCN(CCO)C(=O)c1cc2ccccc2c(N)n1. The quantitative estimate of drug-likeness (QED) is 0.824. The number of amides is 1. The number of hydrogen-bond acceptors (Lipinski definition) is 5. The molecule has 0 saturated heterocycles. The van der Waals surface area contributed by atoms with Gasteiger partial charge in [-0.2, -0.15) is 0 Å². The first kappa shape index (κ1) is 15.2. The molecule has 2 rings (SSSR count). The third kappa shape index (κ3) is 3.48. The second kappa shape index (κ2) is 7.01. The summed E-state index contributed by atoms with van der Waals surface area (Å²) in [6.45, 7) is 0.911. The molecule has 1 heterocycles. The highest BCUT2D eigenvalue weighted by molar-refractivity contribution is 5.99. The Hall–Kier alpha value is -2.18. The summed E-state index contributed by atoms with van der Waals surface area (Å²) in [4.78, 5) is 18.2. The average Bonchev–Trinajstić information content (AvgIpc) is 2.50. The predicted octanol–water partition coefficient (Wildman–Crippen LogP) is 0.898. The van der Waals surface area contributed by atoms with Crippen LogP contribution in [0, 0.1) is 0 Å². The molecule has 6 heteroatoms. The first-order valence-electron chi connectivity index (χ1n) is 6.71. The smallest absolute Gasteiger partial charge is 0.272 e. The van der Waals surface area contributed by atoms with Crippen LogP contribution in [0.25, 0.3) is 10.8 Å². The minimum Gasteiger partial charge on any atom is -0.395 e. The molecule has 0 atom stereocenters. The standard InChI is InChI=1S/C15H19N3O3/c1-21-9-7-18(6-8-19)15(20)13-10-11-4-2-3-5-12(11)14(16)17-13/h2-5,10,19H,6-9H2,1H3,(H2,16,17). The van der Waals surface area contributed by atoms with E-state index in [1.165, 1.54) is 4.90 Å². The Morgan fingerprint density at radius 2 is 2.14 bits per heavy atom. The number of fused-ring (bicyclic) bond motifs is 1. The summed E-state index contributed by atoms with van der Waals surface area (Å²) in [5, 5.41) is 10.8. The van der Waals surface area contributed by atoms with E-state index in [4.69, 9.17) is 15.6 Å². The number of nitrogen functional groups attached to an aromatic ring is 1. The highest BCUT2D eigenvalue weighted by Gasteiger charge is 2.17. The molecule has 0 saturated carbocycles. The highest BCUT2D eigenvalue weighted by Crippen LogP contribution is 2.20. The number of nitrogens with zero attached hydrogens (tertiary/aromatic N) is 2. The molecule has 1 aromatic heterocycles. The fraction of sp³-hybridized carbons (Fsp3) is 0.333. The van der Waals surface area contributed by atoms with Gasteiger partial charge in [0, 0.05) is 25.6 Å². The van der Waals surface area contributed by atoms with Crippen LogP contribution in [0.2, 0.25) is 0 Å². The summed E-state index contributed by atoms with van der Waals surface area (Å²) in [7, 11) is 1.56. The number of anilines is 1. The number of benzene rings is 1. The molecule has 0 aliphatic rings. The summed E-state index contributed by atoms with van der Waals surface area (Å²) in [6.07, 6.45) is 0. The van der Waals surface area contributed by atoms with Crippen molar-refractivity contribution < 1.29 is 14.6 Å². The van der Waals surface area contributed by atoms with Gasteiger partial charge in [0.25, 0.3) is 5.91 Å². The van der Waals surface area contributed by atoms with Crippen LogP contribution < -0.4 is 5.73 Å². The maximum absolute atomic E-state index is 12.5. The molecular weight excluding hydrogens is 270 g/mol. The monoisotopic (exact) mass is 289 g/mol. The predicted molar refractivity (Wildman–Crippen MR) is 81.0 cm³/mol. The van der Waals surface area contributed by atoms with E-state index >= 15 is 0 Å². The summed E-state index contributed by atoms with van der Waals surface area (Å²) >= 11 is 0. The first-order chi connectivity index (χ1) is 10.2. The van der Waals surface area contributed by atoms with Gasteiger partial charge in [-0.3, -0.25) is 4.79 Å². The zero-order valence-corrected chi connectivity index (χ0v) is 12.0. The number of aliphatic hydroxyl groups is 1. The number of carbonyl (C=O) groups excluding carboxylic acids is 1. The normalized spacial score (nSPS) is 10.8. The van der Waals surface area contributed by atoms with Crippen LogP contribution in [-0.2, 0) is 4.74 Å². The largest absolute Gasteiger partial charge is 0.395 e. The van der Waals surface area contributed by atoms with Crippen molar-refractivity contribution in [1.29, 1.82) is 0 Å². The summed E-state index contributed by atoms with van der Waals surface area (Å²) < 4.78 is 4.98. The molecule has 0 aliphatic carbocycles. The molecule has 0 spiro atoms. The van der Waals surface area contributed by atoms with E-state index in [1.807, 2.05) is 24.3 Å². The molecule has 21 heavy (non-hydrogen) atoms. The van der Waals surface area contributed by atoms with Gasteiger partial charge in [-0.05, 0) is 11.5 Å². The Balaban J connectivity index is 2.32. The van der Waals surface area contributed by atoms with Gasteiger partial charge in [0.15, 0.2) is 0 Å². The molecule has 112 valence electrons. The van der Waals surface area contributed by atoms with E-state index in [2.05, 4.69) is 4.98 Å². The second-order valence-electron chi connectivity index (χ2n) is 4.62. The molecular formula is C15H19N3O3. The van der Waals surface area contributed by atoms with E-state index in [0.29, 0.717) is 19.0 Å². The molecule has 2 aromatic rings. The van der Waals surface area contributed by atoms with Gasteiger partial charge in [-0.15, -0.1) is 0 Å². The van der Waals surface area contributed by atoms with Crippen molar-refractivity contribution in [1.82, 2.24) is 9.88 Å². The maximum atomic E-state index is 12.5. The summed E-state index contributed by atoms with van der Waals surface area (Å²) in [6, 6.07) is 9.22. The van der Waals surface area contributed by atoms with Gasteiger partial charge in [0.1, 0.15) is 11.5 Å². The molecule has 0 fully saturated rings. The van der Waals surface area contributed by atoms with E-state index in [0.717, 1.165) is 10.8 Å². The molecule has 1 aromatic carbocycles.